The van der Waals surface area contributed by atoms with Gasteiger partial charge in [0.05, 0.1) is 20.8 Å². The summed E-state index contributed by atoms with van der Waals surface area (Å²) in [5, 5.41) is 49.5. The molecule has 0 saturated heterocycles. The molecule has 0 bridgehead atoms. The van der Waals surface area contributed by atoms with E-state index in [0.29, 0.717) is 0 Å². The van der Waals surface area contributed by atoms with Crippen molar-refractivity contribution in [3.8, 4) is 11.5 Å². The van der Waals surface area contributed by atoms with Crippen LogP contribution in [0.3, 0.4) is 0 Å². The van der Waals surface area contributed by atoms with E-state index in [1.165, 1.54) is 0 Å². The van der Waals surface area contributed by atoms with Gasteiger partial charge in [0.25, 0.3) is 5.75 Å². The minimum Gasteiger partial charge on any atom is -0.502 e. The van der Waals surface area contributed by atoms with E-state index < -0.39 is 43.3 Å². The minimum atomic E-state index is -1.56. The molecule has 91 valence electrons. The zero-order chi connectivity index (χ0) is 13.3. The van der Waals surface area contributed by atoms with Crippen molar-refractivity contribution in [3.63, 3.8) is 0 Å². The summed E-state index contributed by atoms with van der Waals surface area (Å²) < 4.78 is 0. The molecule has 11 nitrogen and oxygen atoms in total. The van der Waals surface area contributed by atoms with Crippen LogP contribution < -0.4 is 0 Å². The van der Waals surface area contributed by atoms with Crippen molar-refractivity contribution >= 4 is 68.4 Å². The molecular weight excluding hydrogens is 281 g/mol. The van der Waals surface area contributed by atoms with E-state index in [9.17, 15) is 35.4 Å². The van der Waals surface area contributed by atoms with E-state index in [2.05, 4.69) is 0 Å². The predicted molar refractivity (Wildman–Crippen MR) is 55.5 cm³/mol. The molecule has 0 amide bonds. The topological polar surface area (TPSA) is 170 Å². The van der Waals surface area contributed by atoms with Crippen molar-refractivity contribution in [2.75, 3.05) is 0 Å². The van der Waals surface area contributed by atoms with Gasteiger partial charge in [-0.15, -0.1) is 0 Å². The van der Waals surface area contributed by atoms with E-state index in [-0.39, 0.29) is 57.5 Å². The average Bonchev–Trinajstić information content (AvgIpc) is 2.14. The van der Waals surface area contributed by atoms with Crippen LogP contribution in [0.4, 0.5) is 17.1 Å². The Labute approximate surface area is 140 Å². The smallest absolute Gasteiger partial charge is 0.394 e. The number of hydrogen-bond acceptors (Lipinski definition) is 8. The third-order valence-electron chi connectivity index (χ3n) is 1.77. The Bertz CT molecular complexity index is 544. The first kappa shape index (κ1) is 16.7. The second-order valence-corrected chi connectivity index (χ2v) is 2.73. The Hall–Kier alpha value is -1.34. The van der Waals surface area contributed by atoms with Crippen LogP contribution in [-0.4, -0.2) is 76.4 Å². The van der Waals surface area contributed by atoms with Gasteiger partial charge in [0.2, 0.25) is 5.75 Å². The molecule has 0 spiro atoms. The average molecular weight is 284 g/mol. The van der Waals surface area contributed by atoms with Gasteiger partial charge in [-0.1, -0.05) is 0 Å². The number of phenolic OH excluding ortho intramolecular Hbond substituents is 2. The van der Waals surface area contributed by atoms with Gasteiger partial charge >= 0.3 is 17.1 Å². The van der Waals surface area contributed by atoms with Crippen LogP contribution in [-0.2, 0) is 0 Å². The molecule has 2 N–H and O–H groups in total. The predicted octanol–water partition coefficient (Wildman–Crippen LogP) is 0.442. The first-order valence-corrected chi connectivity index (χ1v) is 3.79. The van der Waals surface area contributed by atoms with E-state index >= 15 is 0 Å². The molecule has 0 aromatic heterocycles. The fraction of sp³-hybridized carbons (Fsp3) is 0. The van der Waals surface area contributed by atoms with Crippen molar-refractivity contribution in [1.29, 1.82) is 0 Å². The number of aromatic hydroxyl groups is 2. The van der Waals surface area contributed by atoms with Crippen molar-refractivity contribution in [2.24, 2.45) is 0 Å². The number of rotatable bonds is 3. The van der Waals surface area contributed by atoms with E-state index in [4.69, 9.17) is 5.11 Å². The van der Waals surface area contributed by atoms with E-state index in [0.717, 1.165) is 0 Å². The Morgan fingerprint density at radius 1 is 0.889 bits per heavy atom. The van der Waals surface area contributed by atoms with Crippen LogP contribution in [0.25, 0.3) is 0 Å². The third-order valence-corrected chi connectivity index (χ3v) is 1.77. The molecule has 1 aromatic rings. The summed E-state index contributed by atoms with van der Waals surface area (Å²) in [5.41, 5.74) is -4.04. The number of nitro benzene ring substituents is 3. The molecule has 12 heteroatoms. The van der Waals surface area contributed by atoms with E-state index in [1.54, 1.807) is 0 Å². The van der Waals surface area contributed by atoms with Gasteiger partial charge < -0.3 is 10.2 Å². The molecule has 0 unspecified atom stereocenters. The normalized spacial score (nSPS) is 9.33. The second-order valence-electron chi connectivity index (χ2n) is 2.73. The number of nitrogens with zero attached hydrogens (tertiary/aromatic N) is 3. The molecule has 0 heterocycles. The maximum Gasteiger partial charge on any atom is 0.394 e. The number of benzene rings is 1. The maximum atomic E-state index is 10.5. The number of nitro groups is 3. The summed E-state index contributed by atoms with van der Waals surface area (Å²) in [6.45, 7) is 0. The molecule has 18 heavy (non-hydrogen) atoms. The van der Waals surface area contributed by atoms with Gasteiger partial charge in [0.15, 0.2) is 0 Å². The van der Waals surface area contributed by atoms with Crippen LogP contribution in [0.15, 0.2) is 6.07 Å². The second kappa shape index (κ2) is 6.01. The largest absolute Gasteiger partial charge is 0.502 e. The first-order chi connectivity index (χ1) is 7.77. The molecule has 0 fully saturated rings. The summed E-state index contributed by atoms with van der Waals surface area (Å²) in [6.07, 6.45) is 0. The van der Waals surface area contributed by atoms with E-state index in [1.807, 2.05) is 0 Å². The molecule has 0 aliphatic heterocycles. The Morgan fingerprint density at radius 2 is 1.33 bits per heavy atom. The van der Waals surface area contributed by atoms with Crippen LogP contribution in [0.2, 0.25) is 0 Å². The van der Waals surface area contributed by atoms with Crippen molar-refractivity contribution in [1.82, 2.24) is 0 Å². The fourth-order valence-electron chi connectivity index (χ4n) is 1.12. The summed E-state index contributed by atoms with van der Waals surface area (Å²) in [6, 6.07) is 0.232. The van der Waals surface area contributed by atoms with Crippen molar-refractivity contribution in [3.05, 3.63) is 36.4 Å². The number of phenols is 2. The van der Waals surface area contributed by atoms with Crippen LogP contribution >= 0.6 is 0 Å². The van der Waals surface area contributed by atoms with Crippen LogP contribution in [0.1, 0.15) is 0 Å². The first-order valence-electron chi connectivity index (χ1n) is 3.79. The van der Waals surface area contributed by atoms with Gasteiger partial charge in [-0.2, -0.15) is 0 Å². The zero-order valence-corrected chi connectivity index (χ0v) is 11.9. The third kappa shape index (κ3) is 2.91. The zero-order valence-electron chi connectivity index (χ0n) is 8.76. The molecular formula is C6H3KN3O8. The maximum absolute atomic E-state index is 10.5. The molecule has 0 aliphatic carbocycles. The van der Waals surface area contributed by atoms with Gasteiger partial charge in [0, 0.05) is 51.4 Å². The fourth-order valence-corrected chi connectivity index (χ4v) is 1.12. The Morgan fingerprint density at radius 3 is 1.67 bits per heavy atom. The van der Waals surface area contributed by atoms with Gasteiger partial charge in [-0.25, -0.2) is 0 Å². The molecule has 0 atom stereocenters. The van der Waals surface area contributed by atoms with Crippen LogP contribution in [0, 0.1) is 30.3 Å². The molecule has 0 saturated carbocycles. The van der Waals surface area contributed by atoms with Gasteiger partial charge in [0.1, 0.15) is 0 Å². The molecule has 0 aliphatic rings. The van der Waals surface area contributed by atoms with Gasteiger partial charge in [-0.05, 0) is 0 Å². The number of hydrogen-bond donors (Lipinski definition) is 2. The molecule has 1 radical (unpaired) electrons. The summed E-state index contributed by atoms with van der Waals surface area (Å²) in [5.74, 6) is -2.79. The van der Waals surface area contributed by atoms with Crippen LogP contribution in [0.5, 0.6) is 11.5 Å². The van der Waals surface area contributed by atoms with Gasteiger partial charge in [-0.3, -0.25) is 30.3 Å². The summed E-state index contributed by atoms with van der Waals surface area (Å²) in [7, 11) is 0. The summed E-state index contributed by atoms with van der Waals surface area (Å²) in [4.78, 5) is 27.4. The quantitative estimate of drug-likeness (QED) is 0.457. The minimum absolute atomic E-state index is 0. The monoisotopic (exact) mass is 284 g/mol. The standard InChI is InChI=1S/C6H3N3O8.K/c10-3-1-2(7(12)13)4(8(14)15)6(11)5(3)9(16)17;/h1,10-11H;. The molecule has 1 aromatic carbocycles. The molecule has 1 rings (SSSR count). The Kier molecular flexibility index (Phi) is 5.56. The summed E-state index contributed by atoms with van der Waals surface area (Å²) >= 11 is 0. The van der Waals surface area contributed by atoms with Crippen molar-refractivity contribution < 1.29 is 25.0 Å². The Balaban J connectivity index is 0.00000289. The van der Waals surface area contributed by atoms with Crippen molar-refractivity contribution in [2.45, 2.75) is 0 Å². The SMILES string of the molecule is O=[N+]([O-])c1cc(O)c([N+](=O)[O-])c(O)c1[N+](=O)[O-].[K].